The molecule has 1 N–H and O–H groups in total. The van der Waals surface area contributed by atoms with E-state index in [4.69, 9.17) is 4.74 Å². The molecule has 5 aliphatic rings. The van der Waals surface area contributed by atoms with Gasteiger partial charge in [-0.25, -0.2) is 4.79 Å². The topological polar surface area (TPSA) is 46.5 Å². The number of cyclic esters (lactones) is 1. The zero-order valence-corrected chi connectivity index (χ0v) is 20.0. The number of aliphatic hydroxyl groups excluding tert-OH is 1. The lowest BCUT2D eigenvalue weighted by Crippen LogP contribution is -2.66. The Kier molecular flexibility index (Phi) is 4.46. The van der Waals surface area contributed by atoms with Gasteiger partial charge in [0.25, 0.3) is 0 Å². The summed E-state index contributed by atoms with van der Waals surface area (Å²) in [4.78, 5) is 12.9. The van der Waals surface area contributed by atoms with Crippen LogP contribution in [-0.4, -0.2) is 23.3 Å². The van der Waals surface area contributed by atoms with Gasteiger partial charge in [-0.05, 0) is 97.9 Å². The summed E-state index contributed by atoms with van der Waals surface area (Å²) in [7, 11) is 0. The van der Waals surface area contributed by atoms with Crippen LogP contribution < -0.4 is 0 Å². The van der Waals surface area contributed by atoms with Crippen LogP contribution in [0.3, 0.4) is 0 Å². The van der Waals surface area contributed by atoms with Gasteiger partial charge in [0.2, 0.25) is 0 Å². The van der Waals surface area contributed by atoms with Crippen molar-refractivity contribution in [2.45, 2.75) is 112 Å². The summed E-state index contributed by atoms with van der Waals surface area (Å²) in [5.41, 5.74) is 2.52. The molecule has 3 heteroatoms. The number of ether oxygens (including phenoxy) is 1. The molecule has 0 aromatic heterocycles. The lowest BCUT2D eigenvalue weighted by atomic mass is 9.34. The van der Waals surface area contributed by atoms with Crippen molar-refractivity contribution in [2.24, 2.45) is 39.4 Å². The Hall–Kier alpha value is -0.830. The van der Waals surface area contributed by atoms with E-state index >= 15 is 0 Å². The normalized spacial score (nSPS) is 52.1. The van der Waals surface area contributed by atoms with Crippen LogP contribution in [0.2, 0.25) is 0 Å². The second kappa shape index (κ2) is 6.36. The van der Waals surface area contributed by atoms with Crippen LogP contribution in [0.15, 0.2) is 11.1 Å². The number of fused-ring (bicyclic) bond motifs is 6. The van der Waals surface area contributed by atoms with E-state index < -0.39 is 11.5 Å². The molecule has 0 amide bonds. The summed E-state index contributed by atoms with van der Waals surface area (Å²) in [5.74, 6) is 1.53. The Morgan fingerprint density at radius 3 is 2.47 bits per heavy atom. The van der Waals surface area contributed by atoms with E-state index in [0.717, 1.165) is 30.8 Å². The van der Waals surface area contributed by atoms with E-state index in [0.29, 0.717) is 22.7 Å². The predicted octanol–water partition coefficient (Wildman–Crippen LogP) is 6.05. The summed E-state index contributed by atoms with van der Waals surface area (Å²) in [6.45, 7) is 14.2. The number of carbonyl (C=O) groups is 1. The molecule has 0 saturated heterocycles. The first-order chi connectivity index (χ1) is 14.0. The summed E-state index contributed by atoms with van der Waals surface area (Å²) in [5, 5.41) is 11.8. The summed E-state index contributed by atoms with van der Waals surface area (Å²) in [6, 6.07) is 0. The standard InChI is InChI=1S/C27H42O3/c1-7-27-13-8-12-24(3,4)18(27)11-14-25(5)19-10-9-17-16(2)30-23(29)22(17)26(19,6)21(28)15-20(25)27/h16,18-21,28H,7-15H2,1-6H3/t16-,18-,19-,20-,21+,25-,26+,27-/m0/s1. The fraction of sp³-hybridized carbons (Fsp3) is 0.889. The van der Waals surface area contributed by atoms with Gasteiger partial charge in [-0.2, -0.15) is 0 Å². The fourth-order valence-electron chi connectivity index (χ4n) is 10.1. The van der Waals surface area contributed by atoms with E-state index in [9.17, 15) is 9.90 Å². The zero-order chi connectivity index (χ0) is 21.7. The first-order valence-electron chi connectivity index (χ1n) is 12.6. The third-order valence-corrected chi connectivity index (χ3v) is 11.4. The molecule has 0 radical (unpaired) electrons. The van der Waals surface area contributed by atoms with Gasteiger partial charge in [-0.1, -0.05) is 41.0 Å². The molecule has 3 fully saturated rings. The molecule has 5 rings (SSSR count). The van der Waals surface area contributed by atoms with E-state index in [1.165, 1.54) is 44.1 Å². The number of hydrogen-bond acceptors (Lipinski definition) is 3. The first-order valence-corrected chi connectivity index (χ1v) is 12.6. The summed E-state index contributed by atoms with van der Waals surface area (Å²) in [6.07, 6.45) is 10.1. The number of carbonyl (C=O) groups excluding carboxylic acids is 1. The van der Waals surface area contributed by atoms with E-state index in [-0.39, 0.29) is 17.5 Å². The highest BCUT2D eigenvalue weighted by Gasteiger charge is 2.69. The molecule has 4 aliphatic carbocycles. The van der Waals surface area contributed by atoms with Gasteiger partial charge in [-0.15, -0.1) is 0 Å². The molecular weight excluding hydrogens is 372 g/mol. The molecule has 30 heavy (non-hydrogen) atoms. The maximum atomic E-state index is 12.9. The number of aliphatic hydroxyl groups is 1. The van der Waals surface area contributed by atoms with Crippen LogP contribution in [-0.2, 0) is 9.53 Å². The number of rotatable bonds is 1. The maximum absolute atomic E-state index is 12.9. The van der Waals surface area contributed by atoms with E-state index in [2.05, 4.69) is 34.6 Å². The Bertz CT molecular complexity index is 796. The van der Waals surface area contributed by atoms with Crippen molar-refractivity contribution in [1.82, 2.24) is 0 Å². The molecule has 8 atom stereocenters. The van der Waals surface area contributed by atoms with Crippen molar-refractivity contribution >= 4 is 5.97 Å². The Morgan fingerprint density at radius 1 is 1.03 bits per heavy atom. The second-order valence-corrected chi connectivity index (χ2v) is 12.7. The van der Waals surface area contributed by atoms with Crippen LogP contribution >= 0.6 is 0 Å². The van der Waals surface area contributed by atoms with Crippen LogP contribution in [0.25, 0.3) is 0 Å². The quantitative estimate of drug-likeness (QED) is 0.531. The van der Waals surface area contributed by atoms with Gasteiger partial charge in [0, 0.05) is 11.0 Å². The van der Waals surface area contributed by atoms with Crippen molar-refractivity contribution in [3.05, 3.63) is 11.1 Å². The number of hydrogen-bond donors (Lipinski definition) is 1. The lowest BCUT2D eigenvalue weighted by Gasteiger charge is -2.70. The summed E-state index contributed by atoms with van der Waals surface area (Å²) < 4.78 is 5.67. The van der Waals surface area contributed by atoms with Crippen LogP contribution in [0.4, 0.5) is 0 Å². The van der Waals surface area contributed by atoms with Crippen LogP contribution in [0, 0.1) is 39.4 Å². The molecule has 0 bridgehead atoms. The molecule has 168 valence electrons. The molecular formula is C27H42O3. The van der Waals surface area contributed by atoms with Crippen molar-refractivity contribution < 1.29 is 14.6 Å². The maximum Gasteiger partial charge on any atom is 0.335 e. The molecule has 3 saturated carbocycles. The highest BCUT2D eigenvalue weighted by atomic mass is 16.5. The lowest BCUT2D eigenvalue weighted by molar-refractivity contribution is -0.224. The molecule has 0 aromatic carbocycles. The Balaban J connectivity index is 1.62. The van der Waals surface area contributed by atoms with Crippen LogP contribution in [0.1, 0.15) is 99.3 Å². The SMILES string of the molecule is CC[C@]12CCCC(C)(C)[C@@H]1CC[C@]1(C)[C@@H]2C[C@@H](O)[C@]2(C)C3=C(CC[C@@H]12)[C@H](C)OC3=O. The Morgan fingerprint density at radius 2 is 1.77 bits per heavy atom. The smallest absolute Gasteiger partial charge is 0.335 e. The fourth-order valence-corrected chi connectivity index (χ4v) is 10.1. The third kappa shape index (κ3) is 2.34. The van der Waals surface area contributed by atoms with Crippen molar-refractivity contribution in [3.8, 4) is 0 Å². The van der Waals surface area contributed by atoms with Crippen molar-refractivity contribution in [2.75, 3.05) is 0 Å². The van der Waals surface area contributed by atoms with Gasteiger partial charge in [-0.3, -0.25) is 0 Å². The highest BCUT2D eigenvalue weighted by molar-refractivity contribution is 5.94. The van der Waals surface area contributed by atoms with Gasteiger partial charge in [0.05, 0.1) is 6.10 Å². The van der Waals surface area contributed by atoms with E-state index in [1.54, 1.807) is 0 Å². The minimum Gasteiger partial charge on any atom is -0.455 e. The second-order valence-electron chi connectivity index (χ2n) is 12.7. The predicted molar refractivity (Wildman–Crippen MR) is 119 cm³/mol. The monoisotopic (exact) mass is 414 g/mol. The van der Waals surface area contributed by atoms with Crippen molar-refractivity contribution in [3.63, 3.8) is 0 Å². The molecule has 0 unspecified atom stereocenters. The first kappa shape index (κ1) is 21.0. The Labute approximate surface area is 183 Å². The van der Waals surface area contributed by atoms with E-state index in [1.807, 2.05) is 6.92 Å². The summed E-state index contributed by atoms with van der Waals surface area (Å²) >= 11 is 0. The third-order valence-electron chi connectivity index (χ3n) is 11.4. The average Bonchev–Trinajstić information content (AvgIpc) is 2.97. The van der Waals surface area contributed by atoms with Gasteiger partial charge in [0.1, 0.15) is 6.10 Å². The van der Waals surface area contributed by atoms with Gasteiger partial charge < -0.3 is 9.84 Å². The highest BCUT2D eigenvalue weighted by Crippen LogP contribution is 2.74. The minimum atomic E-state index is -0.452. The molecule has 0 spiro atoms. The molecule has 3 nitrogen and oxygen atoms in total. The van der Waals surface area contributed by atoms with Gasteiger partial charge >= 0.3 is 5.97 Å². The molecule has 1 aliphatic heterocycles. The molecule has 1 heterocycles. The largest absolute Gasteiger partial charge is 0.455 e. The average molecular weight is 415 g/mol. The minimum absolute atomic E-state index is 0.111. The van der Waals surface area contributed by atoms with Crippen LogP contribution in [0.5, 0.6) is 0 Å². The van der Waals surface area contributed by atoms with Crippen molar-refractivity contribution in [1.29, 1.82) is 0 Å². The number of esters is 1. The molecule has 0 aromatic rings. The van der Waals surface area contributed by atoms with Gasteiger partial charge in [0.15, 0.2) is 0 Å². The zero-order valence-electron chi connectivity index (χ0n) is 20.0.